The molecule has 1 aromatic rings. The lowest BCUT2D eigenvalue weighted by atomic mass is 10.1. The summed E-state index contributed by atoms with van der Waals surface area (Å²) in [5.41, 5.74) is 5.39. The molecule has 1 rings (SSSR count). The van der Waals surface area contributed by atoms with Gasteiger partial charge in [0, 0.05) is 6.54 Å². The molecule has 0 radical (unpaired) electrons. The summed E-state index contributed by atoms with van der Waals surface area (Å²) >= 11 is 5.68. The molecular weight excluding hydrogens is 273 g/mol. The molecule has 0 heterocycles. The van der Waals surface area contributed by atoms with Crippen molar-refractivity contribution < 1.29 is 23.1 Å². The van der Waals surface area contributed by atoms with Gasteiger partial charge in [-0.05, 0) is 17.7 Å². The topological polar surface area (TPSA) is 75.4 Å². The van der Waals surface area contributed by atoms with E-state index in [2.05, 4.69) is 0 Å². The van der Waals surface area contributed by atoms with Gasteiger partial charge >= 0.3 is 6.18 Å². The predicted molar refractivity (Wildman–Crippen MR) is 58.9 cm³/mol. The first-order chi connectivity index (χ1) is 8.21. The van der Waals surface area contributed by atoms with E-state index in [1.807, 2.05) is 5.32 Å². The Kier molecular flexibility index (Phi) is 4.55. The molecule has 1 atom stereocenters. The number of primary amides is 1. The van der Waals surface area contributed by atoms with Crippen molar-refractivity contribution in [2.45, 2.75) is 18.9 Å². The Labute approximate surface area is 106 Å². The molecule has 4 nitrogen and oxygen atoms in total. The summed E-state index contributed by atoms with van der Waals surface area (Å²) in [6.45, 7) is -0.280. The van der Waals surface area contributed by atoms with E-state index < -0.39 is 18.3 Å². The van der Waals surface area contributed by atoms with E-state index in [0.29, 0.717) is 5.56 Å². The largest absolute Gasteiger partial charge is 0.427 e. The maximum atomic E-state index is 12.0. The number of amides is 1. The minimum atomic E-state index is -4.75. The minimum absolute atomic E-state index is 0.0115. The second-order valence-corrected chi connectivity index (χ2v) is 3.91. The van der Waals surface area contributed by atoms with E-state index >= 15 is 0 Å². The Morgan fingerprint density at radius 1 is 1.50 bits per heavy atom. The second-order valence-electron chi connectivity index (χ2n) is 3.50. The van der Waals surface area contributed by atoms with Crippen molar-refractivity contribution in [3.8, 4) is 0 Å². The van der Waals surface area contributed by atoms with E-state index in [0.717, 1.165) is 0 Å². The molecule has 0 spiro atoms. The van der Waals surface area contributed by atoms with Crippen molar-refractivity contribution in [1.29, 1.82) is 0 Å². The molecule has 1 unspecified atom stereocenters. The number of aliphatic hydroxyl groups is 1. The summed E-state index contributed by atoms with van der Waals surface area (Å²) in [7, 11) is 0. The molecule has 0 saturated heterocycles. The van der Waals surface area contributed by atoms with Crippen molar-refractivity contribution in [3.05, 3.63) is 34.3 Å². The van der Waals surface area contributed by atoms with Gasteiger partial charge in [0.25, 0.3) is 0 Å². The molecule has 0 aliphatic carbocycles. The fourth-order valence-electron chi connectivity index (χ4n) is 1.20. The zero-order valence-corrected chi connectivity index (χ0v) is 9.72. The summed E-state index contributed by atoms with van der Waals surface area (Å²) in [6.07, 6.45) is -7.39. The van der Waals surface area contributed by atoms with E-state index in [-0.39, 0.29) is 17.1 Å². The van der Waals surface area contributed by atoms with Crippen LogP contribution in [0.3, 0.4) is 0 Å². The number of alkyl halides is 3. The highest BCUT2D eigenvalue weighted by Crippen LogP contribution is 2.20. The standard InChI is InChI=1S/C10H10ClF3N2O2/c11-7-2-1-5(3-6(7)8(15)17)4-16-9(18)10(12,13)14/h1-3,9,16,18H,4H2,(H2,15,17). The molecule has 0 bridgehead atoms. The molecule has 18 heavy (non-hydrogen) atoms. The van der Waals surface area contributed by atoms with Gasteiger partial charge < -0.3 is 10.8 Å². The fourth-order valence-corrected chi connectivity index (χ4v) is 1.41. The molecule has 0 saturated carbocycles. The highest BCUT2D eigenvalue weighted by molar-refractivity contribution is 6.33. The van der Waals surface area contributed by atoms with Crippen LogP contribution in [0.25, 0.3) is 0 Å². The lowest BCUT2D eigenvalue weighted by Gasteiger charge is -2.16. The Bertz CT molecular complexity index is 451. The number of nitrogens with one attached hydrogen (secondary N) is 1. The lowest BCUT2D eigenvalue weighted by molar-refractivity contribution is -0.213. The Balaban J connectivity index is 2.75. The van der Waals surface area contributed by atoms with Crippen LogP contribution in [-0.2, 0) is 6.54 Å². The number of aliphatic hydroxyl groups excluding tert-OH is 1. The first kappa shape index (κ1) is 14.7. The average molecular weight is 283 g/mol. The van der Waals surface area contributed by atoms with Gasteiger partial charge in [-0.2, -0.15) is 13.2 Å². The second kappa shape index (κ2) is 5.55. The molecule has 4 N–H and O–H groups in total. The number of nitrogens with two attached hydrogens (primary N) is 1. The zero-order chi connectivity index (χ0) is 13.9. The molecule has 8 heteroatoms. The Morgan fingerprint density at radius 2 is 2.11 bits per heavy atom. The van der Waals surface area contributed by atoms with E-state index in [1.54, 1.807) is 0 Å². The van der Waals surface area contributed by atoms with Gasteiger partial charge in [0.2, 0.25) is 12.1 Å². The number of carbonyl (C=O) groups is 1. The Hall–Kier alpha value is -1.31. The first-order valence-corrected chi connectivity index (χ1v) is 5.16. The van der Waals surface area contributed by atoms with Gasteiger partial charge in [0.15, 0.2) is 0 Å². The van der Waals surface area contributed by atoms with Crippen LogP contribution in [0.2, 0.25) is 5.02 Å². The van der Waals surface area contributed by atoms with Gasteiger partial charge in [0.1, 0.15) is 0 Å². The van der Waals surface area contributed by atoms with Crippen molar-refractivity contribution >= 4 is 17.5 Å². The summed E-state index contributed by atoms with van der Waals surface area (Å²) in [4.78, 5) is 11.0. The molecule has 0 aliphatic heterocycles. The smallest absolute Gasteiger partial charge is 0.370 e. The molecule has 100 valence electrons. The molecule has 0 aliphatic rings. The third-order valence-electron chi connectivity index (χ3n) is 2.11. The number of hydrogen-bond acceptors (Lipinski definition) is 3. The Morgan fingerprint density at radius 3 is 2.61 bits per heavy atom. The predicted octanol–water partition coefficient (Wildman–Crippen LogP) is 1.41. The zero-order valence-electron chi connectivity index (χ0n) is 8.96. The molecule has 0 fully saturated rings. The van der Waals surface area contributed by atoms with Crippen LogP contribution in [0, 0.1) is 0 Å². The third-order valence-corrected chi connectivity index (χ3v) is 2.44. The van der Waals surface area contributed by atoms with Crippen molar-refractivity contribution in [1.82, 2.24) is 5.32 Å². The molecule has 1 amide bonds. The fraction of sp³-hybridized carbons (Fsp3) is 0.300. The first-order valence-electron chi connectivity index (χ1n) is 4.78. The van der Waals surface area contributed by atoms with Gasteiger partial charge in [-0.3, -0.25) is 10.1 Å². The lowest BCUT2D eigenvalue weighted by Crippen LogP contribution is -2.41. The van der Waals surface area contributed by atoms with E-state index in [1.165, 1.54) is 18.2 Å². The van der Waals surface area contributed by atoms with Crippen molar-refractivity contribution in [3.63, 3.8) is 0 Å². The molecular formula is C10H10ClF3N2O2. The summed E-state index contributed by atoms with van der Waals surface area (Å²) < 4.78 is 36.0. The summed E-state index contributed by atoms with van der Waals surface area (Å²) in [6, 6.07) is 4.03. The summed E-state index contributed by atoms with van der Waals surface area (Å²) in [5, 5.41) is 10.7. The van der Waals surface area contributed by atoms with Crippen LogP contribution in [0.1, 0.15) is 15.9 Å². The van der Waals surface area contributed by atoms with E-state index in [9.17, 15) is 18.0 Å². The average Bonchev–Trinajstić information content (AvgIpc) is 2.25. The molecule has 1 aromatic carbocycles. The number of rotatable bonds is 4. The number of halogens is 4. The van der Waals surface area contributed by atoms with Crippen LogP contribution in [-0.4, -0.2) is 23.4 Å². The normalized spacial score (nSPS) is 13.4. The third kappa shape index (κ3) is 3.86. The maximum absolute atomic E-state index is 12.0. The van der Waals surface area contributed by atoms with E-state index in [4.69, 9.17) is 22.4 Å². The van der Waals surface area contributed by atoms with Crippen molar-refractivity contribution in [2.24, 2.45) is 5.73 Å². The highest BCUT2D eigenvalue weighted by atomic mass is 35.5. The van der Waals surface area contributed by atoms with Gasteiger partial charge in [0.05, 0.1) is 10.6 Å². The van der Waals surface area contributed by atoms with Gasteiger partial charge in [-0.25, -0.2) is 0 Å². The van der Waals surface area contributed by atoms with Crippen LogP contribution >= 0.6 is 11.6 Å². The van der Waals surface area contributed by atoms with Crippen LogP contribution in [0.5, 0.6) is 0 Å². The maximum Gasteiger partial charge on any atom is 0.427 e. The minimum Gasteiger partial charge on any atom is -0.370 e. The summed E-state index contributed by atoms with van der Waals surface area (Å²) in [5.74, 6) is -0.779. The van der Waals surface area contributed by atoms with Crippen LogP contribution in [0.15, 0.2) is 18.2 Å². The molecule has 0 aromatic heterocycles. The SMILES string of the molecule is NC(=O)c1cc(CNC(O)C(F)(F)F)ccc1Cl. The van der Waals surface area contributed by atoms with Crippen molar-refractivity contribution in [2.75, 3.05) is 0 Å². The van der Waals surface area contributed by atoms with Gasteiger partial charge in [-0.1, -0.05) is 17.7 Å². The van der Waals surface area contributed by atoms with Crippen LogP contribution in [0.4, 0.5) is 13.2 Å². The number of benzene rings is 1. The van der Waals surface area contributed by atoms with Crippen LogP contribution < -0.4 is 11.1 Å². The monoisotopic (exact) mass is 282 g/mol. The quantitative estimate of drug-likeness (QED) is 0.731. The number of hydrogen-bond donors (Lipinski definition) is 3. The highest BCUT2D eigenvalue weighted by Gasteiger charge is 2.37. The number of carbonyl (C=O) groups excluding carboxylic acids is 1. The van der Waals surface area contributed by atoms with Gasteiger partial charge in [-0.15, -0.1) is 0 Å².